The maximum atomic E-state index is 12.7. The first-order valence-electron chi connectivity index (χ1n) is 8.47. The third-order valence-corrected chi connectivity index (χ3v) is 4.66. The van der Waals surface area contributed by atoms with Crippen molar-refractivity contribution in [3.05, 3.63) is 23.8 Å². The number of carbonyl (C=O) groups excluding carboxylic acids is 1. The number of hydrogen-bond donors (Lipinski definition) is 0. The number of nitrogens with zero attached hydrogens (tertiary/aromatic N) is 1. The van der Waals surface area contributed by atoms with Gasteiger partial charge in [0, 0.05) is 17.9 Å². The van der Waals surface area contributed by atoms with Gasteiger partial charge in [0.1, 0.15) is 17.3 Å². The lowest BCUT2D eigenvalue weighted by molar-refractivity contribution is -0.122. The van der Waals surface area contributed by atoms with Crippen LogP contribution in [0.4, 0.5) is 0 Å². The molecular weight excluding hydrogens is 290 g/mol. The van der Waals surface area contributed by atoms with Crippen LogP contribution in [-0.4, -0.2) is 24.3 Å². The minimum absolute atomic E-state index is 0.200. The number of Topliss-reactive ketones (excluding diaryl/α,β-unsaturated/α-hetero) is 1. The second-order valence-corrected chi connectivity index (χ2v) is 6.95. The molecule has 124 valence electrons. The highest BCUT2D eigenvalue weighted by Crippen LogP contribution is 2.35. The number of methoxy groups -OCH3 is 1. The number of rotatable bonds is 4. The van der Waals surface area contributed by atoms with Crippen molar-refractivity contribution in [2.45, 2.75) is 58.1 Å². The topological polar surface area (TPSA) is 47.9 Å². The molecule has 1 aliphatic carbocycles. The molecule has 0 amide bonds. The Morgan fingerprint density at radius 3 is 2.74 bits per heavy atom. The van der Waals surface area contributed by atoms with E-state index in [-0.39, 0.29) is 5.92 Å². The Bertz CT molecular complexity index is 628. The van der Waals surface area contributed by atoms with Crippen molar-refractivity contribution in [3.63, 3.8) is 0 Å². The van der Waals surface area contributed by atoms with Crippen LogP contribution in [0.5, 0.6) is 11.5 Å². The molecule has 1 saturated carbocycles. The van der Waals surface area contributed by atoms with Crippen LogP contribution in [0.1, 0.15) is 57.9 Å². The third kappa shape index (κ3) is 3.57. The van der Waals surface area contributed by atoms with Gasteiger partial charge >= 0.3 is 0 Å². The lowest BCUT2D eigenvalue weighted by Crippen LogP contribution is -2.33. The Labute approximate surface area is 137 Å². The summed E-state index contributed by atoms with van der Waals surface area (Å²) < 4.78 is 11.2. The van der Waals surface area contributed by atoms with Crippen LogP contribution in [0.2, 0.25) is 0 Å². The van der Waals surface area contributed by atoms with Gasteiger partial charge in [-0.15, -0.1) is 0 Å². The van der Waals surface area contributed by atoms with E-state index >= 15 is 0 Å². The predicted molar refractivity (Wildman–Crippen MR) is 90.4 cm³/mol. The first-order chi connectivity index (χ1) is 11.0. The van der Waals surface area contributed by atoms with E-state index in [9.17, 15) is 4.79 Å². The van der Waals surface area contributed by atoms with Crippen molar-refractivity contribution in [2.75, 3.05) is 7.11 Å². The van der Waals surface area contributed by atoms with E-state index in [1.807, 2.05) is 32.0 Å². The van der Waals surface area contributed by atoms with E-state index < -0.39 is 5.72 Å². The summed E-state index contributed by atoms with van der Waals surface area (Å²) in [4.78, 5) is 17.4. The fraction of sp³-hybridized carbons (Fsp3) is 0.579. The number of carbonyl (C=O) groups is 1. The van der Waals surface area contributed by atoms with Crippen molar-refractivity contribution in [1.29, 1.82) is 0 Å². The van der Waals surface area contributed by atoms with Gasteiger partial charge in [-0.2, -0.15) is 0 Å². The third-order valence-electron chi connectivity index (χ3n) is 4.66. The molecule has 0 N–H and O–H groups in total. The highest BCUT2D eigenvalue weighted by atomic mass is 16.5. The normalized spacial score (nSPS) is 20.2. The van der Waals surface area contributed by atoms with Crippen molar-refractivity contribution >= 4 is 11.5 Å². The molecule has 0 unspecified atom stereocenters. The van der Waals surface area contributed by atoms with E-state index in [0.29, 0.717) is 12.2 Å². The van der Waals surface area contributed by atoms with E-state index in [1.165, 1.54) is 19.3 Å². The van der Waals surface area contributed by atoms with Gasteiger partial charge in [0.05, 0.1) is 12.8 Å². The first kappa shape index (κ1) is 16.0. The molecule has 0 aromatic heterocycles. The van der Waals surface area contributed by atoms with Gasteiger partial charge in [0.25, 0.3) is 0 Å². The minimum atomic E-state index is -0.635. The highest BCUT2D eigenvalue weighted by Gasteiger charge is 2.31. The number of ether oxygens (including phenoxy) is 2. The Balaban J connectivity index is 1.87. The van der Waals surface area contributed by atoms with Gasteiger partial charge in [-0.05, 0) is 44.9 Å². The van der Waals surface area contributed by atoms with Gasteiger partial charge in [0.2, 0.25) is 0 Å². The molecule has 0 spiro atoms. The molecule has 4 nitrogen and oxygen atoms in total. The van der Waals surface area contributed by atoms with Gasteiger partial charge in [0.15, 0.2) is 5.72 Å². The molecule has 0 bridgehead atoms. The van der Waals surface area contributed by atoms with Crippen molar-refractivity contribution in [3.8, 4) is 11.5 Å². The van der Waals surface area contributed by atoms with Gasteiger partial charge in [-0.1, -0.05) is 19.3 Å². The highest BCUT2D eigenvalue weighted by molar-refractivity contribution is 6.13. The molecule has 4 heteroatoms. The number of hydrogen-bond acceptors (Lipinski definition) is 4. The van der Waals surface area contributed by atoms with Gasteiger partial charge in [-0.25, -0.2) is 4.99 Å². The zero-order chi connectivity index (χ0) is 16.4. The van der Waals surface area contributed by atoms with Crippen molar-refractivity contribution < 1.29 is 14.3 Å². The Kier molecular flexibility index (Phi) is 4.42. The first-order valence-corrected chi connectivity index (χ1v) is 8.47. The number of fused-ring (bicyclic) bond motifs is 1. The van der Waals surface area contributed by atoms with E-state index in [1.54, 1.807) is 7.11 Å². The second-order valence-electron chi connectivity index (χ2n) is 6.95. The summed E-state index contributed by atoms with van der Waals surface area (Å²) in [6, 6.07) is 5.69. The molecule has 3 rings (SSSR count). The Morgan fingerprint density at radius 1 is 1.30 bits per heavy atom. The van der Waals surface area contributed by atoms with E-state index in [0.717, 1.165) is 35.6 Å². The molecule has 0 radical (unpaired) electrons. The molecule has 1 heterocycles. The molecule has 1 aromatic rings. The smallest absolute Gasteiger partial charge is 0.194 e. The largest absolute Gasteiger partial charge is 0.497 e. The summed E-state index contributed by atoms with van der Waals surface area (Å²) in [7, 11) is 1.64. The Morgan fingerprint density at radius 2 is 2.04 bits per heavy atom. The number of benzene rings is 1. The lowest BCUT2D eigenvalue weighted by atomic mass is 9.84. The summed E-state index contributed by atoms with van der Waals surface area (Å²) in [5.41, 5.74) is 1.07. The van der Waals surface area contributed by atoms with E-state index in [4.69, 9.17) is 9.47 Å². The van der Waals surface area contributed by atoms with Gasteiger partial charge in [-0.3, -0.25) is 4.79 Å². The maximum absolute atomic E-state index is 12.7. The summed E-state index contributed by atoms with van der Waals surface area (Å²) in [5, 5.41) is 0. The van der Waals surface area contributed by atoms with Crippen LogP contribution in [-0.2, 0) is 4.79 Å². The summed E-state index contributed by atoms with van der Waals surface area (Å²) >= 11 is 0. The monoisotopic (exact) mass is 315 g/mol. The van der Waals surface area contributed by atoms with Gasteiger partial charge < -0.3 is 9.47 Å². The quantitative estimate of drug-likeness (QED) is 0.838. The average Bonchev–Trinajstić information content (AvgIpc) is 2.54. The van der Waals surface area contributed by atoms with Crippen LogP contribution < -0.4 is 9.47 Å². The molecule has 23 heavy (non-hydrogen) atoms. The average molecular weight is 315 g/mol. The molecule has 1 aromatic carbocycles. The number of aliphatic imine (C=N–C) groups is 1. The molecule has 2 aliphatic rings. The maximum Gasteiger partial charge on any atom is 0.194 e. The van der Waals surface area contributed by atoms with Crippen LogP contribution >= 0.6 is 0 Å². The summed E-state index contributed by atoms with van der Waals surface area (Å²) in [6.07, 6.45) is 6.03. The standard InChI is InChI=1S/C19H25NO3/c1-19(2)20-16(12-17(21)13-7-5-4-6-8-13)15-11-14(22-3)9-10-18(15)23-19/h9-11,13H,4-8,12H2,1-3H3. The van der Waals surface area contributed by atoms with E-state index in [2.05, 4.69) is 4.99 Å². The lowest BCUT2D eigenvalue weighted by Gasteiger charge is -2.31. The Hall–Kier alpha value is -1.84. The fourth-order valence-electron chi connectivity index (χ4n) is 3.50. The second kappa shape index (κ2) is 6.34. The molecular formula is C19H25NO3. The summed E-state index contributed by atoms with van der Waals surface area (Å²) in [6.45, 7) is 3.84. The molecule has 1 fully saturated rings. The van der Waals surface area contributed by atoms with Crippen LogP contribution in [0.15, 0.2) is 23.2 Å². The fourth-order valence-corrected chi connectivity index (χ4v) is 3.50. The van der Waals surface area contributed by atoms with Crippen molar-refractivity contribution in [1.82, 2.24) is 0 Å². The molecule has 0 atom stereocenters. The zero-order valence-electron chi connectivity index (χ0n) is 14.2. The van der Waals surface area contributed by atoms with Crippen molar-refractivity contribution in [2.24, 2.45) is 10.9 Å². The predicted octanol–water partition coefficient (Wildman–Crippen LogP) is 4.15. The minimum Gasteiger partial charge on any atom is -0.497 e. The summed E-state index contributed by atoms with van der Waals surface area (Å²) in [5.74, 6) is 2.04. The number of ketones is 1. The zero-order valence-corrected chi connectivity index (χ0v) is 14.2. The molecule has 1 aliphatic heterocycles. The van der Waals surface area contributed by atoms with Crippen LogP contribution in [0.25, 0.3) is 0 Å². The van der Waals surface area contributed by atoms with Crippen LogP contribution in [0.3, 0.4) is 0 Å². The van der Waals surface area contributed by atoms with Crippen LogP contribution in [0, 0.1) is 5.92 Å². The SMILES string of the molecule is COc1ccc2c(c1)C(CC(=O)C1CCCCC1)=NC(C)(C)O2. The molecule has 0 saturated heterocycles.